The van der Waals surface area contributed by atoms with Crippen molar-refractivity contribution in [3.8, 4) is 0 Å². The molecule has 2 aliphatic rings. The summed E-state index contributed by atoms with van der Waals surface area (Å²) in [5.74, 6) is -1.39. The van der Waals surface area contributed by atoms with Gasteiger partial charge in [0.15, 0.2) is 0 Å². The number of aromatic nitrogens is 2. The first-order valence-corrected chi connectivity index (χ1v) is 9.52. The molecule has 0 aliphatic carbocycles. The monoisotopic (exact) mass is 432 g/mol. The molecule has 3 aromatic rings. The summed E-state index contributed by atoms with van der Waals surface area (Å²) in [4.78, 5) is 26.8. The average molecular weight is 432 g/mol. The minimum Gasteiger partial charge on any atom is -0.397 e. The van der Waals surface area contributed by atoms with E-state index in [9.17, 15) is 22.8 Å². The van der Waals surface area contributed by atoms with Crippen molar-refractivity contribution in [3.05, 3.63) is 53.3 Å². The van der Waals surface area contributed by atoms with Crippen LogP contribution in [0.5, 0.6) is 0 Å². The van der Waals surface area contributed by atoms with Crippen LogP contribution in [0.4, 0.5) is 24.5 Å². The first-order chi connectivity index (χ1) is 14.8. The molecule has 5 rings (SSSR count). The Morgan fingerprint density at radius 3 is 2.32 bits per heavy atom. The van der Waals surface area contributed by atoms with Crippen molar-refractivity contribution in [3.63, 3.8) is 0 Å². The van der Waals surface area contributed by atoms with Gasteiger partial charge in [0.1, 0.15) is 0 Å². The maximum absolute atomic E-state index is 12.9. The highest BCUT2D eigenvalue weighted by Gasteiger charge is 2.38. The van der Waals surface area contributed by atoms with Crippen molar-refractivity contribution in [2.45, 2.75) is 12.7 Å². The first kappa shape index (κ1) is 20.5. The Morgan fingerprint density at radius 1 is 0.903 bits per heavy atom. The number of nitrogen functional groups attached to an aromatic ring is 1. The Balaban J connectivity index is 0.000000158. The number of carbonyl (C=O) groups is 2. The highest BCUT2D eigenvalue weighted by atomic mass is 19.4. The number of amides is 2. The number of nitrogens with zero attached hydrogens (tertiary/aromatic N) is 2. The number of alkyl halides is 3. The molecule has 2 aromatic carbocycles. The summed E-state index contributed by atoms with van der Waals surface area (Å²) in [6.07, 6.45) is -4.52. The average Bonchev–Trinajstić information content (AvgIpc) is 2.89. The molecule has 0 saturated heterocycles. The van der Waals surface area contributed by atoms with Gasteiger partial charge in [0, 0.05) is 26.2 Å². The van der Waals surface area contributed by atoms with Crippen LogP contribution in [0.1, 0.15) is 26.5 Å². The molecule has 31 heavy (non-hydrogen) atoms. The normalized spacial score (nSPS) is 15.5. The van der Waals surface area contributed by atoms with E-state index in [1.165, 1.54) is 18.2 Å². The van der Waals surface area contributed by atoms with Crippen LogP contribution >= 0.6 is 0 Å². The Labute approximate surface area is 174 Å². The minimum absolute atomic E-state index is 0.0627. The lowest BCUT2D eigenvalue weighted by Gasteiger charge is -2.09. The Hall–Kier alpha value is -3.76. The Kier molecular flexibility index (Phi) is 5.17. The van der Waals surface area contributed by atoms with Crippen molar-refractivity contribution < 1.29 is 22.8 Å². The summed E-state index contributed by atoms with van der Waals surface area (Å²) >= 11 is 0. The quantitative estimate of drug-likeness (QED) is 0.407. The van der Waals surface area contributed by atoms with Crippen LogP contribution in [-0.2, 0) is 12.7 Å². The molecule has 0 saturated carbocycles. The molecule has 11 heteroatoms. The number of imidazole rings is 1. The second kappa shape index (κ2) is 7.82. The summed E-state index contributed by atoms with van der Waals surface area (Å²) in [5.41, 5.74) is 8.39. The lowest BCUT2D eigenvalue weighted by molar-refractivity contribution is -0.146. The number of para-hydroxylation sites is 2. The lowest BCUT2D eigenvalue weighted by Crippen LogP contribution is -2.25. The van der Waals surface area contributed by atoms with Crippen LogP contribution in [0.2, 0.25) is 0 Å². The molecule has 162 valence electrons. The molecule has 0 spiro atoms. The van der Waals surface area contributed by atoms with E-state index in [-0.39, 0.29) is 41.5 Å². The number of rotatable bonds is 0. The molecule has 2 amide bonds. The molecule has 2 aliphatic heterocycles. The fourth-order valence-corrected chi connectivity index (χ4v) is 3.59. The third-order valence-electron chi connectivity index (χ3n) is 4.94. The molecular formula is C20H19F3N6O2. The third-order valence-corrected chi connectivity index (χ3v) is 4.94. The van der Waals surface area contributed by atoms with Gasteiger partial charge in [-0.1, -0.05) is 12.1 Å². The van der Waals surface area contributed by atoms with Gasteiger partial charge in [-0.3, -0.25) is 9.59 Å². The number of halogens is 3. The highest BCUT2D eigenvalue weighted by Crippen LogP contribution is 2.33. The van der Waals surface area contributed by atoms with E-state index < -0.39 is 12.0 Å². The van der Waals surface area contributed by atoms with Crippen LogP contribution in [0.25, 0.3) is 11.0 Å². The summed E-state index contributed by atoms with van der Waals surface area (Å²) in [6.45, 7) is 1.57. The number of hydrogen-bond donors (Lipinski definition) is 4. The van der Waals surface area contributed by atoms with Crippen molar-refractivity contribution in [1.82, 2.24) is 20.2 Å². The molecular weight excluding hydrogens is 413 g/mol. The summed E-state index contributed by atoms with van der Waals surface area (Å²) in [6, 6.07) is 9.83. The number of anilines is 2. The van der Waals surface area contributed by atoms with Crippen LogP contribution in [0.3, 0.4) is 0 Å². The number of fused-ring (bicyclic) bond motifs is 1. The summed E-state index contributed by atoms with van der Waals surface area (Å²) in [5, 5.41) is 8.45. The number of benzene rings is 2. The van der Waals surface area contributed by atoms with E-state index in [0.29, 0.717) is 24.3 Å². The Bertz CT molecular complexity index is 1170. The zero-order chi connectivity index (χ0) is 22.2. The van der Waals surface area contributed by atoms with Crippen LogP contribution < -0.4 is 21.7 Å². The highest BCUT2D eigenvalue weighted by molar-refractivity contribution is 6.05. The van der Waals surface area contributed by atoms with Crippen molar-refractivity contribution in [2.75, 3.05) is 30.7 Å². The molecule has 0 atom stereocenters. The van der Waals surface area contributed by atoms with Gasteiger partial charge in [0.2, 0.25) is 5.82 Å². The third kappa shape index (κ3) is 3.86. The second-order valence-electron chi connectivity index (χ2n) is 6.97. The van der Waals surface area contributed by atoms with Gasteiger partial charge < -0.3 is 26.3 Å². The van der Waals surface area contributed by atoms with Gasteiger partial charge in [-0.2, -0.15) is 13.2 Å². The van der Waals surface area contributed by atoms with E-state index in [2.05, 4.69) is 20.9 Å². The molecule has 0 unspecified atom stereocenters. The lowest BCUT2D eigenvalue weighted by atomic mass is 10.1. The molecule has 3 heterocycles. The van der Waals surface area contributed by atoms with E-state index in [0.717, 1.165) is 10.3 Å². The van der Waals surface area contributed by atoms with E-state index >= 15 is 0 Å². The van der Waals surface area contributed by atoms with E-state index in [4.69, 9.17) is 5.73 Å². The van der Waals surface area contributed by atoms with Crippen molar-refractivity contribution >= 4 is 34.2 Å². The number of hydrogen-bond acceptors (Lipinski definition) is 5. The largest absolute Gasteiger partial charge is 0.449 e. The molecule has 5 N–H and O–H groups in total. The van der Waals surface area contributed by atoms with Crippen molar-refractivity contribution in [2.24, 2.45) is 0 Å². The van der Waals surface area contributed by atoms with Crippen LogP contribution in [0, 0.1) is 0 Å². The standard InChI is InChI=1S/C11H8F3N3O.C9H11N3O/c12-11(13,14)10-16-7-3-1-2-6-8(7)17(10)5-4-15-9(6)18;10-7-3-1-2-6-8(7)11-4-5-12-9(6)13/h1-3H,4-5H2,(H,15,18);1-3,11H,4-5,10H2,(H,12,13). The van der Waals surface area contributed by atoms with Gasteiger partial charge in [-0.05, 0) is 24.3 Å². The SMILES string of the molecule is Nc1cccc2c1NCCNC2=O.O=C1NCCn2c(C(F)(F)F)nc3cccc1c32. The minimum atomic E-state index is -4.52. The fraction of sp³-hybridized carbons (Fsp3) is 0.250. The maximum Gasteiger partial charge on any atom is 0.449 e. The number of carbonyl (C=O) groups excluding carboxylic acids is 2. The van der Waals surface area contributed by atoms with Gasteiger partial charge in [0.05, 0.1) is 33.5 Å². The Morgan fingerprint density at radius 2 is 1.55 bits per heavy atom. The molecule has 0 radical (unpaired) electrons. The van der Waals surface area contributed by atoms with E-state index in [1.54, 1.807) is 18.2 Å². The number of nitrogens with one attached hydrogen (secondary N) is 3. The second-order valence-corrected chi connectivity index (χ2v) is 6.97. The van der Waals surface area contributed by atoms with Crippen LogP contribution in [-0.4, -0.2) is 41.0 Å². The zero-order valence-electron chi connectivity index (χ0n) is 16.2. The zero-order valence-corrected chi connectivity index (χ0v) is 16.2. The summed E-state index contributed by atoms with van der Waals surface area (Å²) < 4.78 is 39.7. The van der Waals surface area contributed by atoms with Crippen LogP contribution in [0.15, 0.2) is 36.4 Å². The van der Waals surface area contributed by atoms with Gasteiger partial charge in [-0.25, -0.2) is 4.98 Å². The topological polar surface area (TPSA) is 114 Å². The maximum atomic E-state index is 12.9. The molecule has 0 bridgehead atoms. The van der Waals surface area contributed by atoms with Crippen molar-refractivity contribution in [1.29, 1.82) is 0 Å². The van der Waals surface area contributed by atoms with E-state index in [1.807, 2.05) is 0 Å². The van der Waals surface area contributed by atoms with Gasteiger partial charge in [0.25, 0.3) is 11.8 Å². The first-order valence-electron chi connectivity index (χ1n) is 9.52. The summed E-state index contributed by atoms with van der Waals surface area (Å²) in [7, 11) is 0. The predicted molar refractivity (Wildman–Crippen MR) is 109 cm³/mol. The number of nitrogens with two attached hydrogens (primary N) is 1. The molecule has 8 nitrogen and oxygen atoms in total. The molecule has 1 aromatic heterocycles. The fourth-order valence-electron chi connectivity index (χ4n) is 3.59. The van der Waals surface area contributed by atoms with Gasteiger partial charge in [-0.15, -0.1) is 0 Å². The smallest absolute Gasteiger partial charge is 0.397 e. The predicted octanol–water partition coefficient (Wildman–Crippen LogP) is 2.22. The van der Waals surface area contributed by atoms with Gasteiger partial charge >= 0.3 is 6.18 Å². The molecule has 0 fully saturated rings.